The highest BCUT2D eigenvalue weighted by Gasteiger charge is 2.33. The number of hydrogen-bond acceptors (Lipinski definition) is 3. The highest BCUT2D eigenvalue weighted by Crippen LogP contribution is 2.36. The van der Waals surface area contributed by atoms with E-state index in [-0.39, 0.29) is 5.69 Å². The maximum absolute atomic E-state index is 12.8. The molecule has 28 heavy (non-hydrogen) atoms. The van der Waals surface area contributed by atoms with Crippen LogP contribution in [-0.4, -0.2) is 23.0 Å². The predicted molar refractivity (Wildman–Crippen MR) is 99.1 cm³/mol. The van der Waals surface area contributed by atoms with Gasteiger partial charge in [0.25, 0.3) is 0 Å². The van der Waals surface area contributed by atoms with Crippen LogP contribution in [0.1, 0.15) is 11.1 Å². The summed E-state index contributed by atoms with van der Waals surface area (Å²) >= 11 is 5.51. The zero-order valence-electron chi connectivity index (χ0n) is 14.0. The number of hydrazone groups is 1. The van der Waals surface area contributed by atoms with Crippen molar-refractivity contribution in [3.8, 4) is 0 Å². The molecule has 2 amide bonds. The van der Waals surface area contributed by atoms with Crippen molar-refractivity contribution in [2.24, 2.45) is 5.10 Å². The number of aromatic amines is 1. The van der Waals surface area contributed by atoms with Crippen molar-refractivity contribution in [1.82, 2.24) is 10.4 Å². The molecule has 1 aromatic heterocycles. The van der Waals surface area contributed by atoms with Crippen LogP contribution in [0.5, 0.6) is 0 Å². The number of H-pyrrole nitrogens is 1. The van der Waals surface area contributed by atoms with E-state index < -0.39 is 28.6 Å². The lowest BCUT2D eigenvalue weighted by molar-refractivity contribution is -0.137. The van der Waals surface area contributed by atoms with E-state index in [0.717, 1.165) is 23.0 Å². The number of carbonyl (C=O) groups is 2. The number of halogens is 4. The molecule has 0 atom stereocenters. The molecule has 0 fully saturated rings. The molecule has 0 aliphatic rings. The maximum Gasteiger partial charge on any atom is 0.417 e. The molecule has 6 nitrogen and oxygen atoms in total. The standard InChI is InChI=1S/C18H12ClF3N4O2/c19-14-6-5-11(7-13(14)18(20,21)22)25-16(27)17(28)26-24-9-10-8-23-15-4-2-1-3-12(10)15/h1-9,23H,(H,25,27)(H,26,28)/b24-9+. The summed E-state index contributed by atoms with van der Waals surface area (Å²) in [5.41, 5.74) is 2.23. The Kier molecular flexibility index (Phi) is 5.36. The maximum atomic E-state index is 12.8. The Balaban J connectivity index is 1.64. The Hall–Kier alpha value is -3.33. The molecule has 3 aromatic rings. The fourth-order valence-electron chi connectivity index (χ4n) is 2.42. The lowest BCUT2D eigenvalue weighted by Gasteiger charge is -2.11. The minimum Gasteiger partial charge on any atom is -0.361 e. The van der Waals surface area contributed by atoms with Crippen LogP contribution >= 0.6 is 11.6 Å². The van der Waals surface area contributed by atoms with Gasteiger partial charge in [-0.05, 0) is 24.3 Å². The Morgan fingerprint density at radius 1 is 1.11 bits per heavy atom. The van der Waals surface area contributed by atoms with Crippen molar-refractivity contribution >= 4 is 46.2 Å². The van der Waals surface area contributed by atoms with Gasteiger partial charge in [-0.2, -0.15) is 18.3 Å². The number of hydrogen-bond donors (Lipinski definition) is 3. The number of amides is 2. The average molecular weight is 409 g/mol. The summed E-state index contributed by atoms with van der Waals surface area (Å²) < 4.78 is 38.5. The first-order chi connectivity index (χ1) is 13.3. The number of alkyl halides is 3. The molecule has 2 aromatic carbocycles. The second-order valence-electron chi connectivity index (χ2n) is 5.64. The van der Waals surface area contributed by atoms with Crippen molar-refractivity contribution in [2.75, 3.05) is 5.32 Å². The summed E-state index contributed by atoms with van der Waals surface area (Å²) in [6.07, 6.45) is -1.68. The highest BCUT2D eigenvalue weighted by atomic mass is 35.5. The molecule has 0 unspecified atom stereocenters. The molecule has 0 saturated carbocycles. The number of aromatic nitrogens is 1. The van der Waals surface area contributed by atoms with Crippen LogP contribution in [0.3, 0.4) is 0 Å². The van der Waals surface area contributed by atoms with E-state index in [1.165, 1.54) is 6.21 Å². The molecule has 10 heteroatoms. The highest BCUT2D eigenvalue weighted by molar-refractivity contribution is 6.39. The van der Waals surface area contributed by atoms with E-state index >= 15 is 0 Å². The predicted octanol–water partition coefficient (Wildman–Crippen LogP) is 3.93. The molecule has 0 bridgehead atoms. The third-order valence-electron chi connectivity index (χ3n) is 3.73. The van der Waals surface area contributed by atoms with E-state index in [9.17, 15) is 22.8 Å². The summed E-state index contributed by atoms with van der Waals surface area (Å²) in [6.45, 7) is 0. The second kappa shape index (κ2) is 7.73. The van der Waals surface area contributed by atoms with Gasteiger partial charge in [-0.15, -0.1) is 0 Å². The summed E-state index contributed by atoms with van der Waals surface area (Å²) in [4.78, 5) is 26.7. The lowest BCUT2D eigenvalue weighted by atomic mass is 10.2. The van der Waals surface area contributed by atoms with Crippen LogP contribution in [0.25, 0.3) is 10.9 Å². The van der Waals surface area contributed by atoms with E-state index in [1.54, 1.807) is 6.20 Å². The fourth-order valence-corrected chi connectivity index (χ4v) is 2.64. The van der Waals surface area contributed by atoms with Gasteiger partial charge < -0.3 is 10.3 Å². The van der Waals surface area contributed by atoms with E-state index in [2.05, 4.69) is 15.4 Å². The molecule has 1 heterocycles. The third-order valence-corrected chi connectivity index (χ3v) is 4.06. The first-order valence-corrected chi connectivity index (χ1v) is 8.21. The summed E-state index contributed by atoms with van der Waals surface area (Å²) in [5.74, 6) is -2.31. The SMILES string of the molecule is O=C(N/N=C/c1c[nH]c2ccccc12)C(=O)Nc1ccc(Cl)c(C(F)(F)F)c1. The van der Waals surface area contributed by atoms with Gasteiger partial charge in [0.15, 0.2) is 0 Å². The Morgan fingerprint density at radius 3 is 2.61 bits per heavy atom. The average Bonchev–Trinajstić information content (AvgIpc) is 3.05. The van der Waals surface area contributed by atoms with Crippen LogP contribution in [0.4, 0.5) is 18.9 Å². The Labute approximate surface area is 161 Å². The van der Waals surface area contributed by atoms with Crippen LogP contribution in [0.2, 0.25) is 5.02 Å². The topological polar surface area (TPSA) is 86.3 Å². The molecular formula is C18H12ClF3N4O2. The van der Waals surface area contributed by atoms with Gasteiger partial charge in [-0.1, -0.05) is 29.8 Å². The van der Waals surface area contributed by atoms with Crippen molar-refractivity contribution in [1.29, 1.82) is 0 Å². The van der Waals surface area contributed by atoms with Crippen LogP contribution in [0.15, 0.2) is 53.8 Å². The molecule has 0 aliphatic carbocycles. The number of para-hydroxylation sites is 1. The number of anilines is 1. The molecular weight excluding hydrogens is 397 g/mol. The number of nitrogens with one attached hydrogen (secondary N) is 3. The van der Waals surface area contributed by atoms with Crippen molar-refractivity contribution in [3.05, 3.63) is 64.8 Å². The summed E-state index contributed by atoms with van der Waals surface area (Å²) in [6, 6.07) is 10.2. The van der Waals surface area contributed by atoms with E-state index in [0.29, 0.717) is 11.6 Å². The van der Waals surface area contributed by atoms with Gasteiger partial charge in [0.05, 0.1) is 16.8 Å². The second-order valence-corrected chi connectivity index (χ2v) is 6.04. The smallest absolute Gasteiger partial charge is 0.361 e. The summed E-state index contributed by atoms with van der Waals surface area (Å²) in [5, 5.41) is 6.11. The van der Waals surface area contributed by atoms with Gasteiger partial charge in [-0.3, -0.25) is 9.59 Å². The van der Waals surface area contributed by atoms with Gasteiger partial charge >= 0.3 is 18.0 Å². The normalized spacial score (nSPS) is 11.7. The zero-order chi connectivity index (χ0) is 20.3. The van der Waals surface area contributed by atoms with Gasteiger partial charge in [0.2, 0.25) is 0 Å². The fraction of sp³-hybridized carbons (Fsp3) is 0.0556. The first-order valence-electron chi connectivity index (χ1n) is 7.83. The first kappa shape index (κ1) is 19.4. The van der Waals surface area contributed by atoms with Crippen molar-refractivity contribution < 1.29 is 22.8 Å². The largest absolute Gasteiger partial charge is 0.417 e. The third kappa shape index (κ3) is 4.32. The van der Waals surface area contributed by atoms with Crippen molar-refractivity contribution in [2.45, 2.75) is 6.18 Å². The minimum absolute atomic E-state index is 0.225. The summed E-state index contributed by atoms with van der Waals surface area (Å²) in [7, 11) is 0. The monoisotopic (exact) mass is 408 g/mol. The van der Waals surface area contributed by atoms with E-state index in [4.69, 9.17) is 11.6 Å². The Bertz CT molecular complexity index is 1080. The molecule has 0 saturated heterocycles. The van der Waals surface area contributed by atoms with Crippen LogP contribution in [-0.2, 0) is 15.8 Å². The molecule has 0 aliphatic heterocycles. The molecule has 3 rings (SSSR count). The number of rotatable bonds is 3. The number of fused-ring (bicyclic) bond motifs is 1. The molecule has 0 spiro atoms. The number of nitrogens with zero attached hydrogens (tertiary/aromatic N) is 1. The van der Waals surface area contributed by atoms with Crippen LogP contribution < -0.4 is 10.7 Å². The number of carbonyl (C=O) groups excluding carboxylic acids is 2. The molecule has 144 valence electrons. The molecule has 0 radical (unpaired) electrons. The zero-order valence-corrected chi connectivity index (χ0v) is 14.7. The quantitative estimate of drug-likeness (QED) is 0.348. The van der Waals surface area contributed by atoms with Gasteiger partial charge in [-0.25, -0.2) is 5.43 Å². The van der Waals surface area contributed by atoms with Gasteiger partial charge in [0, 0.05) is 28.4 Å². The lowest BCUT2D eigenvalue weighted by Crippen LogP contribution is -2.32. The van der Waals surface area contributed by atoms with Gasteiger partial charge in [0.1, 0.15) is 0 Å². The minimum atomic E-state index is -4.69. The number of benzene rings is 2. The van der Waals surface area contributed by atoms with Crippen LogP contribution in [0, 0.1) is 0 Å². The van der Waals surface area contributed by atoms with E-state index in [1.807, 2.05) is 29.7 Å². The van der Waals surface area contributed by atoms with Crippen molar-refractivity contribution in [3.63, 3.8) is 0 Å². The Morgan fingerprint density at radius 2 is 1.86 bits per heavy atom. The molecule has 3 N–H and O–H groups in total.